The highest BCUT2D eigenvalue weighted by atomic mass is 32.1. The molecule has 0 saturated carbocycles. The molecule has 1 nitrogen and oxygen atoms in total. The molecule has 0 fully saturated rings. The Hall–Kier alpha value is -0.890. The first-order valence-corrected chi connectivity index (χ1v) is 4.88. The fraction of sp³-hybridized carbons (Fsp3) is 0.364. The van der Waals surface area contributed by atoms with Gasteiger partial charge >= 0.3 is 0 Å². The highest BCUT2D eigenvalue weighted by Gasteiger charge is 2.02. The molecule has 0 heterocycles. The van der Waals surface area contributed by atoms with Gasteiger partial charge in [0.2, 0.25) is 0 Å². The average molecular weight is 193 g/mol. The number of hydrogen-bond donors (Lipinski definition) is 1. The first-order chi connectivity index (χ1) is 6.15. The Morgan fingerprint density at radius 2 is 2.08 bits per heavy atom. The van der Waals surface area contributed by atoms with E-state index in [0.717, 1.165) is 10.6 Å². The Bertz CT molecular complexity index is 305. The second-order valence-corrected chi connectivity index (χ2v) is 3.77. The maximum atomic E-state index is 5.16. The fourth-order valence-corrected chi connectivity index (χ4v) is 1.31. The van der Waals surface area contributed by atoms with E-state index in [0.29, 0.717) is 5.92 Å². The van der Waals surface area contributed by atoms with Crippen LogP contribution in [0.15, 0.2) is 24.3 Å². The molecule has 2 heteroatoms. The molecule has 1 rings (SSSR count). The van der Waals surface area contributed by atoms with Crippen LogP contribution in [-0.2, 0) is 0 Å². The van der Waals surface area contributed by atoms with E-state index in [4.69, 9.17) is 12.2 Å². The van der Waals surface area contributed by atoms with E-state index in [-0.39, 0.29) is 0 Å². The van der Waals surface area contributed by atoms with Crippen LogP contribution in [-0.4, -0.2) is 12.0 Å². The molecule has 0 aliphatic heterocycles. The largest absolute Gasteiger partial charge is 0.379 e. The molecule has 0 amide bonds. The molecule has 0 spiro atoms. The van der Waals surface area contributed by atoms with Crippen molar-refractivity contribution < 1.29 is 0 Å². The van der Waals surface area contributed by atoms with E-state index in [2.05, 4.69) is 31.3 Å². The maximum absolute atomic E-state index is 5.16. The van der Waals surface area contributed by atoms with Gasteiger partial charge in [0, 0.05) is 12.6 Å². The van der Waals surface area contributed by atoms with Crippen molar-refractivity contribution in [2.75, 3.05) is 7.05 Å². The quantitative estimate of drug-likeness (QED) is 0.725. The summed E-state index contributed by atoms with van der Waals surface area (Å²) in [7, 11) is 1.85. The number of rotatable bonds is 2. The summed E-state index contributed by atoms with van der Waals surface area (Å²) < 4.78 is 0. The number of hydrogen-bond acceptors (Lipinski definition) is 1. The van der Waals surface area contributed by atoms with Gasteiger partial charge in [-0.2, -0.15) is 0 Å². The van der Waals surface area contributed by atoms with Crippen LogP contribution in [0.25, 0.3) is 0 Å². The molecule has 0 aromatic heterocycles. The summed E-state index contributed by atoms with van der Waals surface area (Å²) in [6, 6.07) is 8.36. The molecule has 13 heavy (non-hydrogen) atoms. The Morgan fingerprint density at radius 1 is 1.38 bits per heavy atom. The van der Waals surface area contributed by atoms with Gasteiger partial charge in [0.25, 0.3) is 0 Å². The predicted octanol–water partition coefficient (Wildman–Crippen LogP) is 2.70. The molecule has 1 N–H and O–H groups in total. The Balaban J connectivity index is 2.98. The summed E-state index contributed by atoms with van der Waals surface area (Å²) in [6.45, 7) is 4.36. The monoisotopic (exact) mass is 193 g/mol. The molecule has 1 aromatic rings. The van der Waals surface area contributed by atoms with Crippen molar-refractivity contribution in [1.82, 2.24) is 5.32 Å². The van der Waals surface area contributed by atoms with Gasteiger partial charge in [0.15, 0.2) is 0 Å². The SMILES string of the molecule is CNC(=S)c1cccc(C(C)C)c1. The molecule has 70 valence electrons. The minimum atomic E-state index is 0.555. The fourth-order valence-electron chi connectivity index (χ4n) is 1.18. The van der Waals surface area contributed by atoms with Gasteiger partial charge in [0.1, 0.15) is 4.99 Å². The standard InChI is InChI=1S/C11H15NS/c1-8(2)9-5-4-6-10(7-9)11(13)12-3/h4-8H,1-3H3,(H,12,13). The molecule has 0 atom stereocenters. The zero-order chi connectivity index (χ0) is 9.84. The van der Waals surface area contributed by atoms with Crippen LogP contribution in [0.1, 0.15) is 30.9 Å². The van der Waals surface area contributed by atoms with E-state index in [1.807, 2.05) is 19.2 Å². The van der Waals surface area contributed by atoms with Crippen LogP contribution < -0.4 is 5.32 Å². The summed E-state index contributed by atoms with van der Waals surface area (Å²) in [5.74, 6) is 0.555. The normalized spacial score (nSPS) is 10.2. The summed E-state index contributed by atoms with van der Waals surface area (Å²) in [4.78, 5) is 0.808. The van der Waals surface area contributed by atoms with E-state index in [1.165, 1.54) is 5.56 Å². The van der Waals surface area contributed by atoms with Crippen LogP contribution in [0.3, 0.4) is 0 Å². The van der Waals surface area contributed by atoms with Crippen LogP contribution >= 0.6 is 12.2 Å². The third kappa shape index (κ3) is 2.52. The average Bonchev–Trinajstić information content (AvgIpc) is 2.17. The molecule has 0 radical (unpaired) electrons. The second-order valence-electron chi connectivity index (χ2n) is 3.36. The molecule has 1 aromatic carbocycles. The number of benzene rings is 1. The maximum Gasteiger partial charge on any atom is 0.106 e. The molecule has 0 saturated heterocycles. The lowest BCUT2D eigenvalue weighted by molar-refractivity contribution is 0.866. The Kier molecular flexibility index (Phi) is 3.43. The molecule has 0 bridgehead atoms. The van der Waals surface area contributed by atoms with Crippen molar-refractivity contribution in [3.05, 3.63) is 35.4 Å². The smallest absolute Gasteiger partial charge is 0.106 e. The first-order valence-electron chi connectivity index (χ1n) is 4.47. The third-order valence-electron chi connectivity index (χ3n) is 2.04. The van der Waals surface area contributed by atoms with Crippen LogP contribution in [0.2, 0.25) is 0 Å². The van der Waals surface area contributed by atoms with Crippen LogP contribution in [0.4, 0.5) is 0 Å². The molecule has 0 unspecified atom stereocenters. The first kappa shape index (κ1) is 10.2. The van der Waals surface area contributed by atoms with Gasteiger partial charge in [-0.25, -0.2) is 0 Å². The van der Waals surface area contributed by atoms with Gasteiger partial charge in [-0.15, -0.1) is 0 Å². The topological polar surface area (TPSA) is 12.0 Å². The highest BCUT2D eigenvalue weighted by molar-refractivity contribution is 7.80. The van der Waals surface area contributed by atoms with Crippen LogP contribution in [0.5, 0.6) is 0 Å². The van der Waals surface area contributed by atoms with Crippen molar-refractivity contribution in [2.45, 2.75) is 19.8 Å². The minimum Gasteiger partial charge on any atom is -0.379 e. The minimum absolute atomic E-state index is 0.555. The van der Waals surface area contributed by atoms with Gasteiger partial charge in [-0.1, -0.05) is 44.3 Å². The van der Waals surface area contributed by atoms with E-state index in [9.17, 15) is 0 Å². The lowest BCUT2D eigenvalue weighted by atomic mass is 10.0. The van der Waals surface area contributed by atoms with Gasteiger partial charge in [0.05, 0.1) is 0 Å². The van der Waals surface area contributed by atoms with Crippen LogP contribution in [0, 0.1) is 0 Å². The Labute approximate surface area is 85.2 Å². The van der Waals surface area contributed by atoms with Gasteiger partial charge in [-0.3, -0.25) is 0 Å². The van der Waals surface area contributed by atoms with E-state index >= 15 is 0 Å². The lowest BCUT2D eigenvalue weighted by Gasteiger charge is -2.08. The van der Waals surface area contributed by atoms with Crippen molar-refractivity contribution in [1.29, 1.82) is 0 Å². The van der Waals surface area contributed by atoms with E-state index < -0.39 is 0 Å². The van der Waals surface area contributed by atoms with Crippen molar-refractivity contribution in [2.24, 2.45) is 0 Å². The summed E-state index contributed by atoms with van der Waals surface area (Å²) in [6.07, 6.45) is 0. The van der Waals surface area contributed by atoms with Gasteiger partial charge < -0.3 is 5.32 Å². The lowest BCUT2D eigenvalue weighted by Crippen LogP contribution is -2.16. The molecule has 0 aliphatic rings. The number of nitrogens with one attached hydrogen (secondary N) is 1. The summed E-state index contributed by atoms with van der Waals surface area (Å²) in [5.41, 5.74) is 2.43. The molecular weight excluding hydrogens is 178 g/mol. The summed E-state index contributed by atoms with van der Waals surface area (Å²) in [5, 5.41) is 2.98. The van der Waals surface area contributed by atoms with Crippen molar-refractivity contribution in [3.8, 4) is 0 Å². The van der Waals surface area contributed by atoms with E-state index in [1.54, 1.807) is 0 Å². The van der Waals surface area contributed by atoms with Crippen molar-refractivity contribution >= 4 is 17.2 Å². The predicted molar refractivity (Wildman–Crippen MR) is 61.3 cm³/mol. The third-order valence-corrected chi connectivity index (χ3v) is 2.48. The molecule has 0 aliphatic carbocycles. The highest BCUT2D eigenvalue weighted by Crippen LogP contribution is 2.15. The number of thiocarbonyl (C=S) groups is 1. The zero-order valence-electron chi connectivity index (χ0n) is 8.29. The second kappa shape index (κ2) is 4.38. The molecular formula is C11H15NS. The summed E-state index contributed by atoms with van der Waals surface area (Å²) >= 11 is 5.16. The van der Waals surface area contributed by atoms with Crippen molar-refractivity contribution in [3.63, 3.8) is 0 Å². The Morgan fingerprint density at radius 3 is 2.62 bits per heavy atom. The zero-order valence-corrected chi connectivity index (χ0v) is 9.11. The van der Waals surface area contributed by atoms with Gasteiger partial charge in [-0.05, 0) is 17.5 Å².